The maximum Gasteiger partial charge on any atom is 0.337 e. The van der Waals surface area contributed by atoms with E-state index in [9.17, 15) is 9.59 Å². The summed E-state index contributed by atoms with van der Waals surface area (Å²) in [5.74, 6) is -0.988. The molecule has 0 aliphatic carbocycles. The fourth-order valence-corrected chi connectivity index (χ4v) is 2.41. The van der Waals surface area contributed by atoms with E-state index in [4.69, 9.17) is 9.84 Å². The van der Waals surface area contributed by atoms with E-state index in [2.05, 4.69) is 0 Å². The Balaban J connectivity index is 2.61. The minimum absolute atomic E-state index is 0.223. The molecule has 1 aromatic heterocycles. The van der Waals surface area contributed by atoms with Crippen LogP contribution in [0.3, 0.4) is 0 Å². The van der Waals surface area contributed by atoms with E-state index in [-0.39, 0.29) is 5.56 Å². The number of carboxylic acids is 1. The first-order valence-electron chi connectivity index (χ1n) is 4.51. The molecular formula is C11H8O4S. The number of thiophene rings is 1. The highest BCUT2D eigenvalue weighted by Crippen LogP contribution is 2.34. The van der Waals surface area contributed by atoms with E-state index < -0.39 is 11.9 Å². The monoisotopic (exact) mass is 236 g/mol. The van der Waals surface area contributed by atoms with E-state index in [1.807, 2.05) is 0 Å². The van der Waals surface area contributed by atoms with Crippen molar-refractivity contribution >= 4 is 33.4 Å². The second-order valence-electron chi connectivity index (χ2n) is 3.18. The van der Waals surface area contributed by atoms with Crippen LogP contribution in [0.4, 0.5) is 0 Å². The van der Waals surface area contributed by atoms with Crippen LogP contribution in [0, 0.1) is 0 Å². The number of aromatic carboxylic acids is 1. The van der Waals surface area contributed by atoms with Crippen molar-refractivity contribution in [1.29, 1.82) is 0 Å². The summed E-state index contributed by atoms with van der Waals surface area (Å²) in [5.41, 5.74) is 0.223. The molecule has 1 aromatic carbocycles. The molecule has 2 rings (SSSR count). The number of carbonyl (C=O) groups excluding carboxylic acids is 1. The van der Waals surface area contributed by atoms with E-state index in [0.29, 0.717) is 15.8 Å². The highest BCUT2D eigenvalue weighted by atomic mass is 32.1. The zero-order chi connectivity index (χ0) is 11.7. The second-order valence-corrected chi connectivity index (χ2v) is 4.06. The van der Waals surface area contributed by atoms with Gasteiger partial charge in [0.1, 0.15) is 5.75 Å². The predicted octanol–water partition coefficient (Wildman–Crippen LogP) is 2.52. The molecule has 0 saturated carbocycles. The molecular weight excluding hydrogens is 228 g/mol. The van der Waals surface area contributed by atoms with Crippen LogP contribution in [0.2, 0.25) is 0 Å². The predicted molar refractivity (Wildman–Crippen MR) is 60.1 cm³/mol. The summed E-state index contributed by atoms with van der Waals surface area (Å²) >= 11 is 1.25. The maximum absolute atomic E-state index is 10.9. The maximum atomic E-state index is 10.9. The van der Waals surface area contributed by atoms with Crippen molar-refractivity contribution in [2.45, 2.75) is 6.92 Å². The Morgan fingerprint density at radius 1 is 1.38 bits per heavy atom. The van der Waals surface area contributed by atoms with Crippen LogP contribution in [-0.4, -0.2) is 17.0 Å². The van der Waals surface area contributed by atoms with Gasteiger partial charge >= 0.3 is 11.9 Å². The minimum Gasteiger partial charge on any atom is -0.478 e. The molecule has 0 saturated heterocycles. The van der Waals surface area contributed by atoms with Gasteiger partial charge in [0.15, 0.2) is 0 Å². The third kappa shape index (κ3) is 1.77. The molecule has 0 radical (unpaired) electrons. The van der Waals surface area contributed by atoms with Crippen LogP contribution < -0.4 is 4.74 Å². The van der Waals surface area contributed by atoms with Crippen molar-refractivity contribution in [3.05, 3.63) is 29.1 Å². The van der Waals surface area contributed by atoms with Gasteiger partial charge in [-0.3, -0.25) is 4.79 Å². The van der Waals surface area contributed by atoms with Gasteiger partial charge in [0.05, 0.1) is 10.3 Å². The van der Waals surface area contributed by atoms with Gasteiger partial charge in [-0.1, -0.05) is 6.07 Å². The fraction of sp³-hybridized carbons (Fsp3) is 0.0909. The van der Waals surface area contributed by atoms with Crippen molar-refractivity contribution in [2.75, 3.05) is 0 Å². The SMILES string of the molecule is CC(=O)Oc1csc2c(C(=O)O)cccc12. The van der Waals surface area contributed by atoms with Crippen LogP contribution in [0.25, 0.3) is 10.1 Å². The molecule has 0 aliphatic heterocycles. The number of esters is 1. The number of fused-ring (bicyclic) bond motifs is 1. The first kappa shape index (κ1) is 10.6. The van der Waals surface area contributed by atoms with Crippen molar-refractivity contribution in [1.82, 2.24) is 0 Å². The largest absolute Gasteiger partial charge is 0.478 e. The highest BCUT2D eigenvalue weighted by Gasteiger charge is 2.13. The minimum atomic E-state index is -0.984. The summed E-state index contributed by atoms with van der Waals surface area (Å²) in [4.78, 5) is 21.8. The molecule has 0 amide bonds. The number of benzene rings is 1. The molecule has 82 valence electrons. The van der Waals surface area contributed by atoms with E-state index in [0.717, 1.165) is 0 Å². The quantitative estimate of drug-likeness (QED) is 0.814. The zero-order valence-corrected chi connectivity index (χ0v) is 9.21. The van der Waals surface area contributed by atoms with Crippen LogP contribution in [-0.2, 0) is 4.79 Å². The van der Waals surface area contributed by atoms with Gasteiger partial charge in [-0.05, 0) is 12.1 Å². The molecule has 16 heavy (non-hydrogen) atoms. The number of ether oxygens (including phenoxy) is 1. The second kappa shape index (κ2) is 3.94. The van der Waals surface area contributed by atoms with Gasteiger partial charge in [-0.15, -0.1) is 11.3 Å². The van der Waals surface area contributed by atoms with E-state index in [1.165, 1.54) is 24.3 Å². The summed E-state index contributed by atoms with van der Waals surface area (Å²) in [7, 11) is 0. The first-order valence-corrected chi connectivity index (χ1v) is 5.39. The van der Waals surface area contributed by atoms with Gasteiger partial charge < -0.3 is 9.84 Å². The summed E-state index contributed by atoms with van der Waals surface area (Å²) in [5, 5.41) is 11.3. The highest BCUT2D eigenvalue weighted by molar-refractivity contribution is 7.18. The topological polar surface area (TPSA) is 63.6 Å². The first-order chi connectivity index (χ1) is 7.59. The van der Waals surface area contributed by atoms with Crippen LogP contribution in [0.1, 0.15) is 17.3 Å². The molecule has 1 heterocycles. The molecule has 0 unspecified atom stereocenters. The van der Waals surface area contributed by atoms with Crippen molar-refractivity contribution in [2.24, 2.45) is 0 Å². The summed E-state index contributed by atoms with van der Waals surface area (Å²) in [6.07, 6.45) is 0. The van der Waals surface area contributed by atoms with Gasteiger partial charge in [-0.25, -0.2) is 4.79 Å². The number of rotatable bonds is 2. The average Bonchev–Trinajstić information content (AvgIpc) is 2.60. The van der Waals surface area contributed by atoms with Crippen molar-refractivity contribution < 1.29 is 19.4 Å². The summed E-state index contributed by atoms with van der Waals surface area (Å²) < 4.78 is 5.60. The van der Waals surface area contributed by atoms with Gasteiger partial charge in [-0.2, -0.15) is 0 Å². The molecule has 5 heteroatoms. The zero-order valence-electron chi connectivity index (χ0n) is 8.39. The van der Waals surface area contributed by atoms with E-state index in [1.54, 1.807) is 17.5 Å². The Morgan fingerprint density at radius 3 is 2.75 bits per heavy atom. The normalized spacial score (nSPS) is 10.3. The Morgan fingerprint density at radius 2 is 2.12 bits per heavy atom. The van der Waals surface area contributed by atoms with Crippen molar-refractivity contribution in [3.8, 4) is 5.75 Å². The lowest BCUT2D eigenvalue weighted by Gasteiger charge is -1.99. The standard InChI is InChI=1S/C11H8O4S/c1-6(12)15-9-5-16-10-7(9)3-2-4-8(10)11(13)14/h2-5H,1H3,(H,13,14). The third-order valence-electron chi connectivity index (χ3n) is 2.05. The number of hydrogen-bond acceptors (Lipinski definition) is 4. The molecule has 0 atom stereocenters. The molecule has 0 aliphatic rings. The third-order valence-corrected chi connectivity index (χ3v) is 3.06. The lowest BCUT2D eigenvalue weighted by molar-refractivity contribution is -0.131. The Bertz CT molecular complexity index is 570. The average molecular weight is 236 g/mol. The molecule has 1 N–H and O–H groups in total. The van der Waals surface area contributed by atoms with Crippen LogP contribution in [0.15, 0.2) is 23.6 Å². The molecule has 4 nitrogen and oxygen atoms in total. The lowest BCUT2D eigenvalue weighted by Crippen LogP contribution is -2.00. The summed E-state index contributed by atoms with van der Waals surface area (Å²) in [6.45, 7) is 1.31. The van der Waals surface area contributed by atoms with Gasteiger partial charge in [0.2, 0.25) is 0 Å². The van der Waals surface area contributed by atoms with Gasteiger partial charge in [0, 0.05) is 17.7 Å². The van der Waals surface area contributed by atoms with E-state index >= 15 is 0 Å². The number of carbonyl (C=O) groups is 2. The number of carboxylic acid groups (broad SMARTS) is 1. The smallest absolute Gasteiger partial charge is 0.337 e. The molecule has 0 spiro atoms. The van der Waals surface area contributed by atoms with Crippen LogP contribution in [0.5, 0.6) is 5.75 Å². The Kier molecular flexibility index (Phi) is 2.62. The number of hydrogen-bond donors (Lipinski definition) is 1. The van der Waals surface area contributed by atoms with Gasteiger partial charge in [0.25, 0.3) is 0 Å². The molecule has 0 fully saturated rings. The molecule has 0 bridgehead atoms. The Labute approximate surface area is 95.1 Å². The fourth-order valence-electron chi connectivity index (χ4n) is 1.44. The molecule has 2 aromatic rings. The Hall–Kier alpha value is -1.88. The summed E-state index contributed by atoms with van der Waals surface area (Å²) in [6, 6.07) is 4.89. The van der Waals surface area contributed by atoms with Crippen molar-refractivity contribution in [3.63, 3.8) is 0 Å². The van der Waals surface area contributed by atoms with Crippen LogP contribution >= 0.6 is 11.3 Å². The lowest BCUT2D eigenvalue weighted by atomic mass is 10.1.